The fourth-order valence-electron chi connectivity index (χ4n) is 1.15. The van der Waals surface area contributed by atoms with E-state index >= 15 is 0 Å². The van der Waals surface area contributed by atoms with Gasteiger partial charge in [-0.1, -0.05) is 0 Å². The van der Waals surface area contributed by atoms with Gasteiger partial charge in [0.05, 0.1) is 0 Å². The van der Waals surface area contributed by atoms with Crippen molar-refractivity contribution in [1.82, 2.24) is 5.32 Å². The molecule has 0 aliphatic rings. The minimum absolute atomic E-state index is 0. The van der Waals surface area contributed by atoms with Crippen molar-refractivity contribution in [1.29, 1.82) is 0 Å². The molecule has 0 saturated heterocycles. The van der Waals surface area contributed by atoms with E-state index in [1.807, 2.05) is 0 Å². The van der Waals surface area contributed by atoms with Gasteiger partial charge in [-0.15, -0.1) is 0 Å². The molecule has 0 heterocycles. The van der Waals surface area contributed by atoms with Gasteiger partial charge < -0.3 is 20.3 Å². The van der Waals surface area contributed by atoms with E-state index in [2.05, 4.69) is 5.32 Å². The Bertz CT molecular complexity index is 378. The van der Waals surface area contributed by atoms with Crippen LogP contribution in [-0.2, 0) is 4.79 Å². The number of phenols is 1. The number of benzene rings is 1. The van der Waals surface area contributed by atoms with Crippen LogP contribution in [0.5, 0.6) is 5.75 Å². The van der Waals surface area contributed by atoms with E-state index in [1.165, 1.54) is 24.3 Å². The Morgan fingerprint density at radius 3 is 2.35 bits per heavy atom. The molecule has 6 heteroatoms. The molecular formula is C11H12LiNO4. The molecule has 0 fully saturated rings. The number of rotatable bonds is 5. The van der Waals surface area contributed by atoms with Gasteiger partial charge in [-0.2, -0.15) is 0 Å². The number of aromatic hydroxyl groups is 1. The number of carboxylic acid groups (broad SMARTS) is 1. The Balaban J connectivity index is 0.00000256. The van der Waals surface area contributed by atoms with Crippen LogP contribution in [0.3, 0.4) is 0 Å². The van der Waals surface area contributed by atoms with E-state index in [4.69, 9.17) is 5.11 Å². The Labute approximate surface area is 111 Å². The van der Waals surface area contributed by atoms with Gasteiger partial charge in [0, 0.05) is 18.1 Å². The van der Waals surface area contributed by atoms with Gasteiger partial charge >= 0.3 is 18.9 Å². The van der Waals surface area contributed by atoms with Crippen molar-refractivity contribution in [2.24, 2.45) is 0 Å². The van der Waals surface area contributed by atoms with Crippen LogP contribution in [-0.4, -0.2) is 23.5 Å². The average molecular weight is 229 g/mol. The summed E-state index contributed by atoms with van der Waals surface area (Å²) in [5, 5.41) is 21.7. The SMILES string of the molecule is O=C([O-])CCCNC(=O)c1ccc(O)cc1.[Li+]. The first kappa shape index (κ1) is 15.6. The van der Waals surface area contributed by atoms with Gasteiger partial charge in [0.2, 0.25) is 0 Å². The van der Waals surface area contributed by atoms with Crippen molar-refractivity contribution in [3.05, 3.63) is 29.8 Å². The molecule has 0 atom stereocenters. The van der Waals surface area contributed by atoms with Crippen LogP contribution in [0.25, 0.3) is 0 Å². The Kier molecular flexibility index (Phi) is 7.11. The second-order valence-electron chi connectivity index (χ2n) is 3.28. The molecule has 0 saturated carbocycles. The van der Waals surface area contributed by atoms with E-state index in [-0.39, 0.29) is 43.5 Å². The third-order valence-electron chi connectivity index (χ3n) is 1.97. The average Bonchev–Trinajstić information content (AvgIpc) is 2.25. The number of carbonyl (C=O) groups excluding carboxylic acids is 2. The van der Waals surface area contributed by atoms with Crippen LogP contribution in [0.15, 0.2) is 24.3 Å². The summed E-state index contributed by atoms with van der Waals surface area (Å²) < 4.78 is 0. The van der Waals surface area contributed by atoms with E-state index in [0.29, 0.717) is 12.0 Å². The smallest absolute Gasteiger partial charge is 0.550 e. The maximum Gasteiger partial charge on any atom is 1.00 e. The summed E-state index contributed by atoms with van der Waals surface area (Å²) in [6.45, 7) is 0.285. The minimum atomic E-state index is -1.13. The number of hydrogen-bond acceptors (Lipinski definition) is 4. The van der Waals surface area contributed by atoms with Crippen molar-refractivity contribution in [2.45, 2.75) is 12.8 Å². The zero-order valence-electron chi connectivity index (χ0n) is 9.60. The zero-order valence-corrected chi connectivity index (χ0v) is 9.60. The van der Waals surface area contributed by atoms with Gasteiger partial charge in [0.25, 0.3) is 5.91 Å². The van der Waals surface area contributed by atoms with Crippen molar-refractivity contribution < 1.29 is 38.7 Å². The number of hydrogen-bond donors (Lipinski definition) is 2. The molecule has 0 spiro atoms. The molecule has 0 bridgehead atoms. The molecule has 0 aromatic heterocycles. The summed E-state index contributed by atoms with van der Waals surface area (Å²) in [6, 6.07) is 5.80. The summed E-state index contributed by atoms with van der Waals surface area (Å²) in [5.41, 5.74) is 0.422. The number of carboxylic acids is 1. The van der Waals surface area contributed by atoms with E-state index in [9.17, 15) is 14.7 Å². The van der Waals surface area contributed by atoms with Crippen molar-refractivity contribution in [3.8, 4) is 5.75 Å². The number of aliphatic carboxylic acids is 1. The minimum Gasteiger partial charge on any atom is -0.550 e. The molecule has 0 unspecified atom stereocenters. The first-order valence-corrected chi connectivity index (χ1v) is 4.86. The summed E-state index contributed by atoms with van der Waals surface area (Å²) in [7, 11) is 0. The van der Waals surface area contributed by atoms with Gasteiger partial charge in [0.1, 0.15) is 5.75 Å². The predicted octanol–water partition coefficient (Wildman–Crippen LogP) is -3.34. The Morgan fingerprint density at radius 2 is 1.82 bits per heavy atom. The van der Waals surface area contributed by atoms with Gasteiger partial charge in [0.15, 0.2) is 0 Å². The van der Waals surface area contributed by atoms with E-state index < -0.39 is 5.97 Å². The molecule has 17 heavy (non-hydrogen) atoms. The molecule has 0 aliphatic heterocycles. The molecule has 1 rings (SSSR count). The number of carbonyl (C=O) groups is 2. The summed E-state index contributed by atoms with van der Waals surface area (Å²) >= 11 is 0. The molecule has 86 valence electrons. The van der Waals surface area contributed by atoms with Crippen LogP contribution in [0.4, 0.5) is 0 Å². The summed E-state index contributed by atoms with van der Waals surface area (Å²) in [5.74, 6) is -1.33. The van der Waals surface area contributed by atoms with Gasteiger partial charge in [-0.25, -0.2) is 0 Å². The van der Waals surface area contributed by atoms with Crippen molar-refractivity contribution >= 4 is 11.9 Å². The predicted molar refractivity (Wildman–Crippen MR) is 54.7 cm³/mol. The van der Waals surface area contributed by atoms with Crippen molar-refractivity contribution in [2.75, 3.05) is 6.54 Å². The Hall–Kier alpha value is -1.44. The third kappa shape index (κ3) is 6.00. The molecule has 1 aromatic carbocycles. The van der Waals surface area contributed by atoms with Crippen LogP contribution in [0.1, 0.15) is 23.2 Å². The van der Waals surface area contributed by atoms with Gasteiger partial charge in [-0.05, 0) is 37.1 Å². The van der Waals surface area contributed by atoms with E-state index in [0.717, 1.165) is 0 Å². The molecule has 5 nitrogen and oxygen atoms in total. The number of nitrogens with one attached hydrogen (secondary N) is 1. The molecule has 0 aliphatic carbocycles. The maximum absolute atomic E-state index is 11.4. The fraction of sp³-hybridized carbons (Fsp3) is 0.273. The van der Waals surface area contributed by atoms with Crippen LogP contribution in [0, 0.1) is 0 Å². The zero-order chi connectivity index (χ0) is 12.0. The normalized spacial score (nSPS) is 9.18. The first-order valence-electron chi connectivity index (χ1n) is 4.86. The Morgan fingerprint density at radius 1 is 1.24 bits per heavy atom. The topological polar surface area (TPSA) is 89.5 Å². The first-order chi connectivity index (χ1) is 7.59. The monoisotopic (exact) mass is 229 g/mol. The summed E-state index contributed by atoms with van der Waals surface area (Å²) in [6.07, 6.45) is 0.266. The number of phenolic OH excluding ortho intramolecular Hbond substituents is 1. The standard InChI is InChI=1S/C11H13NO4.Li/c13-9-5-3-8(4-6-9)11(16)12-7-1-2-10(14)15;/h3-6,13H,1-2,7H2,(H,12,16)(H,14,15);/q;+1/p-1. The van der Waals surface area contributed by atoms with Gasteiger partial charge in [-0.3, -0.25) is 4.79 Å². The third-order valence-corrected chi connectivity index (χ3v) is 1.97. The molecule has 1 aromatic rings. The number of amides is 1. The second kappa shape index (κ2) is 7.77. The van der Waals surface area contributed by atoms with Crippen molar-refractivity contribution in [3.63, 3.8) is 0 Å². The fourth-order valence-corrected chi connectivity index (χ4v) is 1.15. The molecular weight excluding hydrogens is 217 g/mol. The molecule has 2 N–H and O–H groups in total. The van der Waals surface area contributed by atoms with Crippen LogP contribution >= 0.6 is 0 Å². The van der Waals surface area contributed by atoms with Crippen LogP contribution in [0.2, 0.25) is 0 Å². The molecule has 0 radical (unpaired) electrons. The summed E-state index contributed by atoms with van der Waals surface area (Å²) in [4.78, 5) is 21.5. The quantitative estimate of drug-likeness (QED) is 0.408. The largest absolute Gasteiger partial charge is 1.00 e. The van der Waals surface area contributed by atoms with Crippen LogP contribution < -0.4 is 29.3 Å². The van der Waals surface area contributed by atoms with E-state index in [1.54, 1.807) is 0 Å². The molecule has 1 amide bonds. The maximum atomic E-state index is 11.4. The second-order valence-corrected chi connectivity index (χ2v) is 3.28.